The van der Waals surface area contributed by atoms with Crippen molar-refractivity contribution in [3.63, 3.8) is 0 Å². The van der Waals surface area contributed by atoms with Crippen LogP contribution in [0.1, 0.15) is 57.2 Å². The zero-order chi connectivity index (χ0) is 46.5. The SMILES string of the molecule is CCCS(=O)(=O)Nc1ccc(Cl)c(C(=O)Nc2ccc(Br)nc2)c1F.CCCS(=O)(=O)Nc1ccc(Cl)c(C(=O)Nc2ccc(Nc3ncc(C)s3)nc2)c1F.Cc1cnc(N)s1. The Morgan fingerprint density at radius 3 is 1.52 bits per heavy atom. The number of carbonyl (C=O) groups excluding carboxylic acids is 2. The Hall–Kier alpha value is -5.04. The number of halogens is 5. The second-order valence-electron chi connectivity index (χ2n) is 12.8. The molecule has 7 N–H and O–H groups in total. The summed E-state index contributed by atoms with van der Waals surface area (Å²) in [6, 6.07) is 11.2. The molecule has 0 radical (unpaired) electrons. The van der Waals surface area contributed by atoms with Gasteiger partial charge in [-0.2, -0.15) is 0 Å². The zero-order valence-corrected chi connectivity index (χ0v) is 40.0. The number of nitrogens with two attached hydrogens (primary N) is 1. The predicted molar refractivity (Wildman–Crippen MR) is 252 cm³/mol. The fourth-order valence-corrected chi connectivity index (χ4v) is 9.10. The van der Waals surface area contributed by atoms with Crippen LogP contribution in [-0.4, -0.2) is 60.1 Å². The van der Waals surface area contributed by atoms with E-state index in [1.165, 1.54) is 59.3 Å². The van der Waals surface area contributed by atoms with Crippen molar-refractivity contribution in [3.05, 3.63) is 120 Å². The lowest BCUT2D eigenvalue weighted by Crippen LogP contribution is -2.20. The van der Waals surface area contributed by atoms with Crippen LogP contribution in [-0.2, 0) is 20.0 Å². The van der Waals surface area contributed by atoms with Crippen LogP contribution in [0.5, 0.6) is 0 Å². The molecule has 2 aromatic carbocycles. The molecule has 4 heterocycles. The summed E-state index contributed by atoms with van der Waals surface area (Å²) >= 11 is 18.1. The number of carbonyl (C=O) groups is 2. The van der Waals surface area contributed by atoms with Crippen molar-refractivity contribution in [2.75, 3.05) is 42.6 Å². The summed E-state index contributed by atoms with van der Waals surface area (Å²) in [5.41, 5.74) is 4.31. The number of thiazole rings is 2. The summed E-state index contributed by atoms with van der Waals surface area (Å²) in [5, 5.41) is 9.03. The summed E-state index contributed by atoms with van der Waals surface area (Å²) in [5.74, 6) is -3.58. The number of sulfonamides is 2. The van der Waals surface area contributed by atoms with Gasteiger partial charge < -0.3 is 21.7 Å². The molecule has 336 valence electrons. The molecule has 6 aromatic rings. The Balaban J connectivity index is 0.000000243. The fraction of sp³-hybridized carbons (Fsp3) is 0.211. The molecule has 25 heteroatoms. The minimum Gasteiger partial charge on any atom is -0.375 e. The maximum absolute atomic E-state index is 14.9. The summed E-state index contributed by atoms with van der Waals surface area (Å²) in [6.45, 7) is 7.28. The first-order valence-corrected chi connectivity index (χ1v) is 24.7. The van der Waals surface area contributed by atoms with Crippen molar-refractivity contribution in [1.29, 1.82) is 0 Å². The molecule has 0 unspecified atom stereocenters. The Bertz CT molecular complexity index is 2750. The lowest BCUT2D eigenvalue weighted by Gasteiger charge is -2.13. The Morgan fingerprint density at radius 2 is 1.16 bits per heavy atom. The van der Waals surface area contributed by atoms with Crippen LogP contribution in [0.3, 0.4) is 0 Å². The number of rotatable bonds is 14. The molecule has 0 saturated heterocycles. The number of nitrogen functional groups attached to an aromatic ring is 1. The maximum Gasteiger partial charge on any atom is 0.260 e. The molecule has 0 saturated carbocycles. The molecular weight excluding hydrogens is 1010 g/mol. The monoisotopic (exact) mass is 1050 g/mol. The van der Waals surface area contributed by atoms with Gasteiger partial charge in [0.15, 0.2) is 21.9 Å². The first-order chi connectivity index (χ1) is 29.7. The number of benzene rings is 2. The molecule has 4 aromatic heterocycles. The highest BCUT2D eigenvalue weighted by molar-refractivity contribution is 9.10. The molecule has 0 atom stereocenters. The van der Waals surface area contributed by atoms with Crippen LogP contribution in [0.2, 0.25) is 10.0 Å². The standard InChI is InChI=1S/C19H19ClFN5O3S2.C15H14BrClFN3O3S.C4H6N2S/c1-3-8-31(28,29)26-14-6-5-13(20)16(17(14)21)18(27)24-12-4-7-15(22-10-12)25-19-23-9-11(2)30-19;1-2-7-25(23,24)21-11-5-4-10(17)13(14(11)18)15(22)20-9-3-6-12(16)19-8-9;1-3-2-6-4(5)7-3/h4-7,9-10,26H,3,8H2,1-2H3,(H,24,27)(H,22,23,25);3-6,8,21H,2,7H2,1H3,(H,20,22);2H,1H3,(H2,5,6). The normalized spacial score (nSPS) is 11.0. The molecule has 0 fully saturated rings. The molecule has 63 heavy (non-hydrogen) atoms. The van der Waals surface area contributed by atoms with Gasteiger partial charge in [-0.25, -0.2) is 45.6 Å². The first kappa shape index (κ1) is 50.6. The van der Waals surface area contributed by atoms with E-state index in [2.05, 4.69) is 61.3 Å². The fourth-order valence-electron chi connectivity index (χ4n) is 4.93. The van der Waals surface area contributed by atoms with Gasteiger partial charge >= 0.3 is 0 Å². The number of hydrogen-bond acceptors (Lipinski definition) is 14. The van der Waals surface area contributed by atoms with Crippen molar-refractivity contribution >= 4 is 132 Å². The van der Waals surface area contributed by atoms with Crippen LogP contribution in [0, 0.1) is 25.5 Å². The van der Waals surface area contributed by atoms with Crippen molar-refractivity contribution in [2.24, 2.45) is 0 Å². The lowest BCUT2D eigenvalue weighted by molar-refractivity contribution is 0.101. The van der Waals surface area contributed by atoms with Crippen LogP contribution in [0.4, 0.5) is 47.6 Å². The van der Waals surface area contributed by atoms with Crippen molar-refractivity contribution in [3.8, 4) is 0 Å². The van der Waals surface area contributed by atoms with Gasteiger partial charge in [0, 0.05) is 22.1 Å². The number of nitrogens with one attached hydrogen (secondary N) is 5. The number of aryl methyl sites for hydroxylation is 2. The molecule has 0 aliphatic rings. The Kier molecular flexibility index (Phi) is 18.5. The van der Waals surface area contributed by atoms with Crippen molar-refractivity contribution in [2.45, 2.75) is 40.5 Å². The highest BCUT2D eigenvalue weighted by Crippen LogP contribution is 2.29. The van der Waals surface area contributed by atoms with E-state index < -0.39 is 54.6 Å². The van der Waals surface area contributed by atoms with Gasteiger partial charge in [-0.1, -0.05) is 37.0 Å². The average molecular weight is 1050 g/mol. The topological polar surface area (TPSA) is 240 Å². The smallest absolute Gasteiger partial charge is 0.260 e. The third-order valence-corrected chi connectivity index (χ3v) is 13.2. The van der Waals surface area contributed by atoms with Crippen LogP contribution in [0.15, 0.2) is 77.9 Å². The van der Waals surface area contributed by atoms with Gasteiger partial charge in [0.25, 0.3) is 11.8 Å². The van der Waals surface area contributed by atoms with Crippen LogP contribution >= 0.6 is 61.8 Å². The van der Waals surface area contributed by atoms with Crippen molar-refractivity contribution < 1.29 is 35.2 Å². The molecule has 6 rings (SSSR count). The predicted octanol–water partition coefficient (Wildman–Crippen LogP) is 9.86. The van der Waals surface area contributed by atoms with E-state index in [9.17, 15) is 35.2 Å². The number of aromatic nitrogens is 4. The van der Waals surface area contributed by atoms with Gasteiger partial charge in [0.2, 0.25) is 20.0 Å². The summed E-state index contributed by atoms with van der Waals surface area (Å²) in [7, 11) is -7.44. The van der Waals surface area contributed by atoms with Crippen LogP contribution in [0.25, 0.3) is 0 Å². The second kappa shape index (κ2) is 23.1. The molecule has 0 aliphatic carbocycles. The molecule has 0 spiro atoms. The summed E-state index contributed by atoms with van der Waals surface area (Å²) < 4.78 is 81.8. The highest BCUT2D eigenvalue weighted by atomic mass is 79.9. The van der Waals surface area contributed by atoms with E-state index in [1.54, 1.807) is 50.5 Å². The average Bonchev–Trinajstić information content (AvgIpc) is 3.81. The molecule has 0 aliphatic heterocycles. The molecule has 0 bridgehead atoms. The van der Waals surface area contributed by atoms with Gasteiger partial charge in [0.05, 0.1) is 67.8 Å². The number of hydrogen-bond donors (Lipinski definition) is 6. The Labute approximate surface area is 388 Å². The van der Waals surface area contributed by atoms with Gasteiger partial charge in [-0.3, -0.25) is 19.0 Å². The largest absolute Gasteiger partial charge is 0.375 e. The van der Waals surface area contributed by atoms with E-state index in [-0.39, 0.29) is 32.9 Å². The first-order valence-electron chi connectivity index (χ1n) is 18.2. The molecule has 16 nitrogen and oxygen atoms in total. The van der Waals surface area contributed by atoms with E-state index in [4.69, 9.17) is 28.9 Å². The van der Waals surface area contributed by atoms with E-state index in [0.717, 1.165) is 9.75 Å². The zero-order valence-electron chi connectivity index (χ0n) is 33.6. The quantitative estimate of drug-likeness (QED) is 0.0559. The minimum absolute atomic E-state index is 0.140. The number of pyridine rings is 2. The van der Waals surface area contributed by atoms with E-state index >= 15 is 0 Å². The minimum atomic E-state index is -3.74. The maximum atomic E-state index is 14.9. The number of anilines is 7. The third kappa shape index (κ3) is 15.6. The second-order valence-corrected chi connectivity index (χ2v) is 20.6. The van der Waals surface area contributed by atoms with Gasteiger partial charge in [-0.15, -0.1) is 22.7 Å². The van der Waals surface area contributed by atoms with Crippen LogP contribution < -0.4 is 31.1 Å². The number of nitrogens with zero attached hydrogens (tertiary/aromatic N) is 4. The number of amides is 2. The Morgan fingerprint density at radius 1 is 0.683 bits per heavy atom. The molecule has 2 amide bonds. The van der Waals surface area contributed by atoms with Gasteiger partial charge in [0.1, 0.15) is 10.4 Å². The van der Waals surface area contributed by atoms with Crippen molar-refractivity contribution in [1.82, 2.24) is 19.9 Å². The summed E-state index contributed by atoms with van der Waals surface area (Å²) in [4.78, 5) is 43.3. The molecular formula is C38H39BrCl2F2N10O6S4. The lowest BCUT2D eigenvalue weighted by atomic mass is 10.1. The van der Waals surface area contributed by atoms with E-state index in [1.807, 2.05) is 13.8 Å². The highest BCUT2D eigenvalue weighted by Gasteiger charge is 2.24. The summed E-state index contributed by atoms with van der Waals surface area (Å²) in [6.07, 6.45) is 6.99. The van der Waals surface area contributed by atoms with Gasteiger partial charge in [-0.05, 0) is 91.1 Å². The van der Waals surface area contributed by atoms with E-state index in [0.29, 0.717) is 44.9 Å². The third-order valence-electron chi connectivity index (χ3n) is 7.62.